The molecule has 2 aromatic rings. The van der Waals surface area contributed by atoms with Gasteiger partial charge in [-0.2, -0.15) is 5.10 Å². The summed E-state index contributed by atoms with van der Waals surface area (Å²) in [5, 5.41) is 10.7. The van der Waals surface area contributed by atoms with Gasteiger partial charge in [-0.05, 0) is 30.5 Å². The van der Waals surface area contributed by atoms with Crippen LogP contribution in [-0.2, 0) is 37.9 Å². The lowest BCUT2D eigenvalue weighted by Gasteiger charge is -2.07. The first kappa shape index (κ1) is 20.5. The Bertz CT molecular complexity index is 728. The molecule has 0 aliphatic carbocycles. The van der Waals surface area contributed by atoms with Gasteiger partial charge in [-0.1, -0.05) is 18.2 Å². The molecule has 0 bridgehead atoms. The number of carbonyl (C=O) groups excluding carboxylic acids is 1. The number of amides is 1. The highest BCUT2D eigenvalue weighted by Crippen LogP contribution is 2.17. The SMILES string of the molecule is Cc1nn(C)c(C)c1CC(=O)NCc1ccc2c(c1)CNC2.Cl.Cl. The average molecular weight is 371 g/mol. The minimum Gasteiger partial charge on any atom is -0.352 e. The van der Waals surface area contributed by atoms with Crippen LogP contribution in [0.1, 0.15) is 33.6 Å². The number of benzene rings is 1. The maximum absolute atomic E-state index is 12.2. The zero-order valence-corrected chi connectivity index (χ0v) is 15.8. The second-order valence-corrected chi connectivity index (χ2v) is 5.93. The highest BCUT2D eigenvalue weighted by Gasteiger charge is 2.14. The third-order valence-electron chi connectivity index (χ3n) is 4.39. The first-order valence-corrected chi connectivity index (χ1v) is 7.62. The number of hydrogen-bond donors (Lipinski definition) is 2. The molecule has 24 heavy (non-hydrogen) atoms. The Kier molecular flexibility index (Phi) is 7.27. The van der Waals surface area contributed by atoms with Crippen molar-refractivity contribution < 1.29 is 4.79 Å². The van der Waals surface area contributed by atoms with Gasteiger partial charge in [0.25, 0.3) is 0 Å². The van der Waals surface area contributed by atoms with E-state index in [2.05, 4.69) is 33.9 Å². The van der Waals surface area contributed by atoms with Crippen molar-refractivity contribution >= 4 is 30.7 Å². The Balaban J connectivity index is 0.00000144. The Labute approximate surface area is 155 Å². The van der Waals surface area contributed by atoms with Gasteiger partial charge in [-0.15, -0.1) is 24.8 Å². The van der Waals surface area contributed by atoms with Crippen molar-refractivity contribution in [2.24, 2.45) is 7.05 Å². The van der Waals surface area contributed by atoms with Crippen molar-refractivity contribution in [3.05, 3.63) is 51.8 Å². The first-order valence-electron chi connectivity index (χ1n) is 7.62. The summed E-state index contributed by atoms with van der Waals surface area (Å²) < 4.78 is 1.82. The largest absolute Gasteiger partial charge is 0.352 e. The number of halogens is 2. The maximum Gasteiger partial charge on any atom is 0.224 e. The zero-order chi connectivity index (χ0) is 15.7. The van der Waals surface area contributed by atoms with E-state index < -0.39 is 0 Å². The number of fused-ring (bicyclic) bond motifs is 1. The number of carbonyl (C=O) groups is 1. The van der Waals surface area contributed by atoms with E-state index in [0.717, 1.165) is 35.6 Å². The van der Waals surface area contributed by atoms with Gasteiger partial charge in [0, 0.05) is 37.9 Å². The second kappa shape index (κ2) is 8.51. The fraction of sp³-hybridized carbons (Fsp3) is 0.412. The zero-order valence-electron chi connectivity index (χ0n) is 14.2. The van der Waals surface area contributed by atoms with Gasteiger partial charge in [0.15, 0.2) is 0 Å². The summed E-state index contributed by atoms with van der Waals surface area (Å²) in [6.45, 7) is 6.39. The highest BCUT2D eigenvalue weighted by atomic mass is 35.5. The van der Waals surface area contributed by atoms with E-state index in [1.165, 1.54) is 11.1 Å². The van der Waals surface area contributed by atoms with E-state index in [4.69, 9.17) is 0 Å². The summed E-state index contributed by atoms with van der Waals surface area (Å²) in [5.74, 6) is 0.0397. The van der Waals surface area contributed by atoms with E-state index in [1.54, 1.807) is 0 Å². The number of rotatable bonds is 4. The minimum absolute atomic E-state index is 0. The first-order chi connectivity index (χ1) is 10.5. The molecule has 1 aliphatic rings. The summed E-state index contributed by atoms with van der Waals surface area (Å²) in [6, 6.07) is 6.41. The van der Waals surface area contributed by atoms with E-state index in [0.29, 0.717) is 13.0 Å². The van der Waals surface area contributed by atoms with E-state index >= 15 is 0 Å². The number of hydrogen-bond acceptors (Lipinski definition) is 3. The molecule has 0 saturated carbocycles. The molecule has 0 saturated heterocycles. The summed E-state index contributed by atoms with van der Waals surface area (Å²) in [4.78, 5) is 12.2. The van der Waals surface area contributed by atoms with Crippen LogP contribution in [0.4, 0.5) is 0 Å². The lowest BCUT2D eigenvalue weighted by molar-refractivity contribution is -0.120. The summed E-state index contributed by atoms with van der Waals surface area (Å²) in [6.07, 6.45) is 0.387. The average Bonchev–Trinajstić information content (AvgIpc) is 3.05. The molecule has 0 atom stereocenters. The fourth-order valence-electron chi connectivity index (χ4n) is 2.96. The maximum atomic E-state index is 12.2. The van der Waals surface area contributed by atoms with Gasteiger partial charge in [-0.25, -0.2) is 0 Å². The number of nitrogens with one attached hydrogen (secondary N) is 2. The Morgan fingerprint density at radius 3 is 2.62 bits per heavy atom. The molecule has 0 fully saturated rings. The van der Waals surface area contributed by atoms with Crippen LogP contribution in [0.15, 0.2) is 18.2 Å². The molecule has 132 valence electrons. The molecular weight excluding hydrogens is 347 g/mol. The summed E-state index contributed by atoms with van der Waals surface area (Å²) in [5.41, 5.74) is 6.85. The van der Waals surface area contributed by atoms with Crippen LogP contribution in [0.3, 0.4) is 0 Å². The molecule has 5 nitrogen and oxygen atoms in total. The summed E-state index contributed by atoms with van der Waals surface area (Å²) in [7, 11) is 1.91. The quantitative estimate of drug-likeness (QED) is 0.868. The topological polar surface area (TPSA) is 59.0 Å². The molecular formula is C17H24Cl2N4O. The van der Waals surface area contributed by atoms with Crippen LogP contribution in [0.5, 0.6) is 0 Å². The normalized spacial score (nSPS) is 12.1. The minimum atomic E-state index is 0. The molecule has 1 aliphatic heterocycles. The molecule has 0 spiro atoms. The van der Waals surface area contributed by atoms with Gasteiger partial charge in [-0.3, -0.25) is 9.48 Å². The molecule has 0 radical (unpaired) electrons. The molecule has 0 unspecified atom stereocenters. The van der Waals surface area contributed by atoms with Crippen LogP contribution in [-0.4, -0.2) is 15.7 Å². The molecule has 3 rings (SSSR count). The molecule has 1 aromatic heterocycles. The lowest BCUT2D eigenvalue weighted by atomic mass is 10.1. The lowest BCUT2D eigenvalue weighted by Crippen LogP contribution is -2.25. The molecule has 7 heteroatoms. The smallest absolute Gasteiger partial charge is 0.224 e. The van der Waals surface area contributed by atoms with E-state index in [1.807, 2.05) is 25.6 Å². The van der Waals surface area contributed by atoms with Crippen molar-refractivity contribution in [1.29, 1.82) is 0 Å². The number of aromatic nitrogens is 2. The Morgan fingerprint density at radius 1 is 1.25 bits per heavy atom. The number of aryl methyl sites for hydroxylation is 2. The molecule has 1 amide bonds. The van der Waals surface area contributed by atoms with Crippen LogP contribution >= 0.6 is 24.8 Å². The van der Waals surface area contributed by atoms with Gasteiger partial charge >= 0.3 is 0 Å². The van der Waals surface area contributed by atoms with Crippen molar-refractivity contribution in [2.45, 2.75) is 39.9 Å². The molecule has 1 aromatic carbocycles. The van der Waals surface area contributed by atoms with Gasteiger partial charge < -0.3 is 10.6 Å². The second-order valence-electron chi connectivity index (χ2n) is 5.93. The van der Waals surface area contributed by atoms with Crippen LogP contribution in [0.2, 0.25) is 0 Å². The van der Waals surface area contributed by atoms with Crippen molar-refractivity contribution in [2.75, 3.05) is 0 Å². The van der Waals surface area contributed by atoms with Gasteiger partial charge in [0.2, 0.25) is 5.91 Å². The van der Waals surface area contributed by atoms with E-state index in [9.17, 15) is 4.79 Å². The van der Waals surface area contributed by atoms with Crippen molar-refractivity contribution in [1.82, 2.24) is 20.4 Å². The molecule has 2 heterocycles. The third kappa shape index (κ3) is 4.29. The summed E-state index contributed by atoms with van der Waals surface area (Å²) >= 11 is 0. The predicted molar refractivity (Wildman–Crippen MR) is 99.7 cm³/mol. The predicted octanol–water partition coefficient (Wildman–Crippen LogP) is 2.34. The van der Waals surface area contributed by atoms with Gasteiger partial charge in [0.05, 0.1) is 12.1 Å². The fourth-order valence-corrected chi connectivity index (χ4v) is 2.96. The van der Waals surface area contributed by atoms with Crippen LogP contribution in [0.25, 0.3) is 0 Å². The van der Waals surface area contributed by atoms with Crippen LogP contribution < -0.4 is 10.6 Å². The Hall–Kier alpha value is -1.56. The standard InChI is InChI=1S/C17H22N4O.2ClH/c1-11-16(12(2)21(3)20-11)7-17(22)19-8-13-4-5-14-9-18-10-15(14)6-13;;/h4-6,18H,7-10H2,1-3H3,(H,19,22);2*1H. The molecule has 2 N–H and O–H groups in total. The monoisotopic (exact) mass is 370 g/mol. The third-order valence-corrected chi connectivity index (χ3v) is 4.39. The van der Waals surface area contributed by atoms with E-state index in [-0.39, 0.29) is 30.7 Å². The van der Waals surface area contributed by atoms with Gasteiger partial charge in [0.1, 0.15) is 0 Å². The van der Waals surface area contributed by atoms with Crippen molar-refractivity contribution in [3.63, 3.8) is 0 Å². The van der Waals surface area contributed by atoms with Crippen molar-refractivity contribution in [3.8, 4) is 0 Å². The number of nitrogens with zero attached hydrogens (tertiary/aromatic N) is 2. The Morgan fingerprint density at radius 2 is 1.96 bits per heavy atom. The highest BCUT2D eigenvalue weighted by molar-refractivity contribution is 5.85. The van der Waals surface area contributed by atoms with Crippen LogP contribution in [0, 0.1) is 13.8 Å².